The van der Waals surface area contributed by atoms with E-state index in [4.69, 9.17) is 5.73 Å². The molecule has 3 atom stereocenters. The topological polar surface area (TPSA) is 78.9 Å². The van der Waals surface area contributed by atoms with Crippen LogP contribution in [0.2, 0.25) is 0 Å². The molecule has 3 unspecified atom stereocenters. The largest absolute Gasteiger partial charge is 0.391 e. The van der Waals surface area contributed by atoms with E-state index in [1.165, 1.54) is 5.01 Å². The van der Waals surface area contributed by atoms with Gasteiger partial charge in [0.2, 0.25) is 0 Å². The van der Waals surface area contributed by atoms with Gasteiger partial charge in [-0.05, 0) is 32.7 Å². The summed E-state index contributed by atoms with van der Waals surface area (Å²) in [6, 6.07) is -0.141. The number of hydrazone groups is 1. The summed E-state index contributed by atoms with van der Waals surface area (Å²) in [6.07, 6.45) is 5.04. The molecule has 102 valence electrons. The molecular formula is C13H23N3O2. The minimum Gasteiger partial charge on any atom is -0.391 e. The van der Waals surface area contributed by atoms with Crippen LogP contribution < -0.4 is 5.73 Å². The van der Waals surface area contributed by atoms with Crippen molar-refractivity contribution in [3.8, 4) is 0 Å². The molecule has 5 nitrogen and oxygen atoms in total. The second-order valence-corrected chi connectivity index (χ2v) is 5.33. The Labute approximate surface area is 108 Å². The molecule has 0 aromatic rings. The van der Waals surface area contributed by atoms with E-state index >= 15 is 0 Å². The summed E-state index contributed by atoms with van der Waals surface area (Å²) < 4.78 is 0. The van der Waals surface area contributed by atoms with Crippen molar-refractivity contribution in [3.63, 3.8) is 0 Å². The molecule has 1 amide bonds. The third-order valence-corrected chi connectivity index (χ3v) is 4.01. The van der Waals surface area contributed by atoms with E-state index in [9.17, 15) is 9.90 Å². The molecule has 18 heavy (non-hydrogen) atoms. The van der Waals surface area contributed by atoms with E-state index < -0.39 is 6.10 Å². The fraction of sp³-hybridized carbons (Fsp3) is 0.846. The SMILES string of the molecule is CC1=NN(C2CCCCCC2O)C(=O)C1CCN. The average Bonchev–Trinajstić information content (AvgIpc) is 2.54. The molecule has 0 aromatic heterocycles. The van der Waals surface area contributed by atoms with Gasteiger partial charge in [0.15, 0.2) is 0 Å². The van der Waals surface area contributed by atoms with Gasteiger partial charge in [-0.15, -0.1) is 0 Å². The monoisotopic (exact) mass is 253 g/mol. The Kier molecular flexibility index (Phi) is 4.35. The average molecular weight is 253 g/mol. The number of nitrogens with zero attached hydrogens (tertiary/aromatic N) is 2. The lowest BCUT2D eigenvalue weighted by Crippen LogP contribution is -2.43. The smallest absolute Gasteiger partial charge is 0.251 e. The molecule has 1 saturated carbocycles. The van der Waals surface area contributed by atoms with Gasteiger partial charge < -0.3 is 10.8 Å². The Morgan fingerprint density at radius 2 is 2.11 bits per heavy atom. The zero-order valence-corrected chi connectivity index (χ0v) is 11.0. The summed E-state index contributed by atoms with van der Waals surface area (Å²) in [4.78, 5) is 12.3. The van der Waals surface area contributed by atoms with Gasteiger partial charge in [0.05, 0.1) is 18.1 Å². The summed E-state index contributed by atoms with van der Waals surface area (Å²) in [5.41, 5.74) is 6.37. The van der Waals surface area contributed by atoms with E-state index in [-0.39, 0.29) is 17.9 Å². The number of hydrogen-bond acceptors (Lipinski definition) is 4. The molecule has 0 spiro atoms. The Morgan fingerprint density at radius 1 is 1.39 bits per heavy atom. The zero-order chi connectivity index (χ0) is 13.1. The highest BCUT2D eigenvalue weighted by atomic mass is 16.3. The van der Waals surface area contributed by atoms with Crippen molar-refractivity contribution in [1.82, 2.24) is 5.01 Å². The molecular weight excluding hydrogens is 230 g/mol. The van der Waals surface area contributed by atoms with Crippen LogP contribution in [-0.2, 0) is 4.79 Å². The van der Waals surface area contributed by atoms with Gasteiger partial charge >= 0.3 is 0 Å². The number of aliphatic hydroxyl groups excluding tert-OH is 1. The van der Waals surface area contributed by atoms with Gasteiger partial charge in [-0.2, -0.15) is 5.10 Å². The molecule has 5 heteroatoms. The van der Waals surface area contributed by atoms with E-state index in [0.717, 1.165) is 37.8 Å². The Morgan fingerprint density at radius 3 is 2.83 bits per heavy atom. The van der Waals surface area contributed by atoms with Crippen LogP contribution in [0.1, 0.15) is 45.4 Å². The first-order valence-electron chi connectivity index (χ1n) is 6.91. The molecule has 1 fully saturated rings. The number of amides is 1. The third-order valence-electron chi connectivity index (χ3n) is 4.01. The van der Waals surface area contributed by atoms with Crippen LogP contribution in [0.5, 0.6) is 0 Å². The summed E-state index contributed by atoms with van der Waals surface area (Å²) in [6.45, 7) is 2.37. The summed E-state index contributed by atoms with van der Waals surface area (Å²) >= 11 is 0. The predicted octanol–water partition coefficient (Wildman–Crippen LogP) is 0.863. The molecule has 3 N–H and O–H groups in total. The van der Waals surface area contributed by atoms with Crippen LogP contribution in [-0.4, -0.2) is 40.4 Å². The van der Waals surface area contributed by atoms with Crippen LogP contribution in [0.3, 0.4) is 0 Å². The van der Waals surface area contributed by atoms with Crippen LogP contribution in [0.25, 0.3) is 0 Å². The lowest BCUT2D eigenvalue weighted by atomic mass is 9.99. The van der Waals surface area contributed by atoms with Gasteiger partial charge in [0.1, 0.15) is 0 Å². The van der Waals surface area contributed by atoms with Crippen LogP contribution >= 0.6 is 0 Å². The van der Waals surface area contributed by atoms with Gasteiger partial charge in [-0.1, -0.05) is 19.3 Å². The molecule has 1 aliphatic carbocycles. The highest BCUT2D eigenvalue weighted by molar-refractivity contribution is 6.06. The minimum absolute atomic E-state index is 0.0175. The fourth-order valence-electron chi connectivity index (χ4n) is 2.92. The molecule has 0 saturated heterocycles. The highest BCUT2D eigenvalue weighted by Gasteiger charge is 2.39. The van der Waals surface area contributed by atoms with Crippen molar-refractivity contribution in [2.75, 3.05) is 6.54 Å². The summed E-state index contributed by atoms with van der Waals surface area (Å²) in [5, 5.41) is 16.0. The van der Waals surface area contributed by atoms with Gasteiger partial charge in [-0.25, -0.2) is 5.01 Å². The molecule has 0 radical (unpaired) electrons. The number of hydrogen-bond donors (Lipinski definition) is 2. The lowest BCUT2D eigenvalue weighted by Gasteiger charge is -2.28. The van der Waals surface area contributed by atoms with Crippen LogP contribution in [0.15, 0.2) is 5.10 Å². The van der Waals surface area contributed by atoms with Crippen molar-refractivity contribution in [2.45, 2.75) is 57.6 Å². The highest BCUT2D eigenvalue weighted by Crippen LogP contribution is 2.28. The van der Waals surface area contributed by atoms with Crippen LogP contribution in [0.4, 0.5) is 0 Å². The van der Waals surface area contributed by atoms with Crippen LogP contribution in [0, 0.1) is 5.92 Å². The number of aliphatic hydroxyl groups is 1. The van der Waals surface area contributed by atoms with E-state index in [1.807, 2.05) is 6.92 Å². The quantitative estimate of drug-likeness (QED) is 0.732. The Hall–Kier alpha value is -0.940. The van der Waals surface area contributed by atoms with Crippen molar-refractivity contribution < 1.29 is 9.90 Å². The second-order valence-electron chi connectivity index (χ2n) is 5.33. The third kappa shape index (κ3) is 2.57. The maximum atomic E-state index is 12.3. The van der Waals surface area contributed by atoms with Gasteiger partial charge in [0.25, 0.3) is 5.91 Å². The predicted molar refractivity (Wildman–Crippen MR) is 70.0 cm³/mol. The zero-order valence-electron chi connectivity index (χ0n) is 11.0. The van der Waals surface area contributed by atoms with Crippen molar-refractivity contribution in [3.05, 3.63) is 0 Å². The van der Waals surface area contributed by atoms with E-state index in [1.54, 1.807) is 0 Å². The summed E-state index contributed by atoms with van der Waals surface area (Å²) in [5.74, 6) is -0.158. The standard InChI is InChI=1S/C13H23N3O2/c1-9-10(7-8-14)13(18)16(15-9)11-5-3-2-4-6-12(11)17/h10-12,17H,2-8,14H2,1H3. The van der Waals surface area contributed by atoms with Gasteiger partial charge in [-0.3, -0.25) is 4.79 Å². The first kappa shape index (κ1) is 13.5. The molecule has 1 aliphatic heterocycles. The molecule has 0 bridgehead atoms. The van der Waals surface area contributed by atoms with Crippen molar-refractivity contribution in [2.24, 2.45) is 16.8 Å². The second kappa shape index (κ2) is 5.80. The fourth-order valence-corrected chi connectivity index (χ4v) is 2.92. The molecule has 1 heterocycles. The maximum absolute atomic E-state index is 12.3. The first-order chi connectivity index (χ1) is 8.65. The number of rotatable bonds is 3. The molecule has 2 rings (SSSR count). The van der Waals surface area contributed by atoms with Crippen molar-refractivity contribution >= 4 is 11.6 Å². The van der Waals surface area contributed by atoms with E-state index in [0.29, 0.717) is 13.0 Å². The number of carbonyl (C=O) groups excluding carboxylic acids is 1. The maximum Gasteiger partial charge on any atom is 0.251 e. The minimum atomic E-state index is -0.440. The Bertz CT molecular complexity index is 343. The number of carbonyl (C=O) groups is 1. The van der Waals surface area contributed by atoms with E-state index in [2.05, 4.69) is 5.10 Å². The Balaban J connectivity index is 2.11. The van der Waals surface area contributed by atoms with Gasteiger partial charge in [0, 0.05) is 5.71 Å². The first-order valence-corrected chi connectivity index (χ1v) is 6.91. The molecule has 0 aromatic carbocycles. The summed E-state index contributed by atoms with van der Waals surface area (Å²) in [7, 11) is 0. The molecule has 2 aliphatic rings. The number of nitrogens with two attached hydrogens (primary N) is 1. The van der Waals surface area contributed by atoms with Crippen molar-refractivity contribution in [1.29, 1.82) is 0 Å². The normalized spacial score (nSPS) is 33.5. The lowest BCUT2D eigenvalue weighted by molar-refractivity contribution is -0.136.